The zero-order valence-corrected chi connectivity index (χ0v) is 10.3. The number of nitrogens with zero attached hydrogens (tertiary/aromatic N) is 1. The van der Waals surface area contributed by atoms with E-state index in [-0.39, 0.29) is 17.6 Å². The average molecular weight is 246 g/mol. The first-order valence-corrected chi connectivity index (χ1v) is 6.41. The Labute approximate surface area is 107 Å². The normalized spacial score (nSPS) is 29.6. The molecule has 0 radical (unpaired) electrons. The zero-order chi connectivity index (χ0) is 12.6. The van der Waals surface area contributed by atoms with Gasteiger partial charge in [-0.2, -0.15) is 0 Å². The van der Waals surface area contributed by atoms with Crippen molar-refractivity contribution in [2.45, 2.75) is 25.5 Å². The van der Waals surface area contributed by atoms with Gasteiger partial charge in [-0.15, -0.1) is 0 Å². The van der Waals surface area contributed by atoms with E-state index in [1.165, 1.54) is 0 Å². The standard InChI is InChI=1S/C14H18N2O2/c15-12-8-14(12)6-7-16(10-14)13(17)18-9-11-4-2-1-3-5-11/h1-5,12H,6-10,15H2/t12-,14+/m0/s1. The summed E-state index contributed by atoms with van der Waals surface area (Å²) >= 11 is 0. The summed E-state index contributed by atoms with van der Waals surface area (Å²) < 4.78 is 5.31. The van der Waals surface area contributed by atoms with Gasteiger partial charge in [0.05, 0.1) is 0 Å². The van der Waals surface area contributed by atoms with E-state index < -0.39 is 0 Å². The second kappa shape index (κ2) is 4.28. The van der Waals surface area contributed by atoms with Crippen LogP contribution in [0.2, 0.25) is 0 Å². The van der Waals surface area contributed by atoms with Crippen molar-refractivity contribution >= 4 is 6.09 Å². The molecule has 1 aromatic carbocycles. The number of ether oxygens (including phenoxy) is 1. The molecule has 96 valence electrons. The van der Waals surface area contributed by atoms with Crippen LogP contribution in [0.15, 0.2) is 30.3 Å². The number of carbonyl (C=O) groups is 1. The maximum atomic E-state index is 11.9. The van der Waals surface area contributed by atoms with Crippen LogP contribution in [-0.2, 0) is 11.3 Å². The van der Waals surface area contributed by atoms with E-state index in [2.05, 4.69) is 0 Å². The Hall–Kier alpha value is -1.55. The number of hydrogen-bond donors (Lipinski definition) is 1. The number of carbonyl (C=O) groups excluding carboxylic acids is 1. The van der Waals surface area contributed by atoms with Gasteiger partial charge in [-0.05, 0) is 18.4 Å². The Bertz CT molecular complexity index is 448. The molecule has 1 aliphatic heterocycles. The summed E-state index contributed by atoms with van der Waals surface area (Å²) in [6.45, 7) is 1.89. The highest BCUT2D eigenvalue weighted by Crippen LogP contribution is 2.51. The molecule has 1 heterocycles. The number of nitrogens with two attached hydrogens (primary N) is 1. The topological polar surface area (TPSA) is 55.6 Å². The molecular formula is C14H18N2O2. The predicted octanol–water partition coefficient (Wildman–Crippen LogP) is 1.75. The molecule has 1 saturated carbocycles. The minimum absolute atomic E-state index is 0.213. The Morgan fingerprint density at radius 3 is 2.78 bits per heavy atom. The van der Waals surface area contributed by atoms with Crippen molar-refractivity contribution in [3.8, 4) is 0 Å². The van der Waals surface area contributed by atoms with Crippen LogP contribution < -0.4 is 5.73 Å². The van der Waals surface area contributed by atoms with Gasteiger partial charge in [0.2, 0.25) is 0 Å². The van der Waals surface area contributed by atoms with Crippen LogP contribution in [0, 0.1) is 5.41 Å². The highest BCUT2D eigenvalue weighted by molar-refractivity contribution is 5.68. The Morgan fingerprint density at radius 1 is 1.44 bits per heavy atom. The molecule has 18 heavy (non-hydrogen) atoms. The minimum Gasteiger partial charge on any atom is -0.445 e. The molecule has 2 atom stereocenters. The third-order valence-electron chi connectivity index (χ3n) is 4.10. The van der Waals surface area contributed by atoms with Gasteiger partial charge in [-0.1, -0.05) is 30.3 Å². The number of amides is 1. The lowest BCUT2D eigenvalue weighted by atomic mass is 10.1. The minimum atomic E-state index is -0.213. The smallest absolute Gasteiger partial charge is 0.410 e. The van der Waals surface area contributed by atoms with Crippen LogP contribution in [0.5, 0.6) is 0 Å². The van der Waals surface area contributed by atoms with Crippen LogP contribution in [0.25, 0.3) is 0 Å². The van der Waals surface area contributed by atoms with Gasteiger partial charge in [0.25, 0.3) is 0 Å². The van der Waals surface area contributed by atoms with Crippen molar-refractivity contribution in [1.29, 1.82) is 0 Å². The predicted molar refractivity (Wildman–Crippen MR) is 67.8 cm³/mol. The lowest BCUT2D eigenvalue weighted by Crippen LogP contribution is -2.30. The fraction of sp³-hybridized carbons (Fsp3) is 0.500. The van der Waals surface area contributed by atoms with Gasteiger partial charge in [-0.3, -0.25) is 0 Å². The molecule has 2 aliphatic rings. The van der Waals surface area contributed by atoms with Crippen molar-refractivity contribution in [3.05, 3.63) is 35.9 Å². The molecule has 4 nitrogen and oxygen atoms in total. The van der Waals surface area contributed by atoms with E-state index in [1.807, 2.05) is 30.3 Å². The molecule has 2 N–H and O–H groups in total. The Kier molecular flexibility index (Phi) is 2.74. The van der Waals surface area contributed by atoms with Gasteiger partial charge in [0.1, 0.15) is 6.61 Å². The van der Waals surface area contributed by atoms with Crippen molar-refractivity contribution in [2.24, 2.45) is 11.1 Å². The van der Waals surface area contributed by atoms with Crippen molar-refractivity contribution in [2.75, 3.05) is 13.1 Å². The monoisotopic (exact) mass is 246 g/mol. The molecule has 0 unspecified atom stereocenters. The molecule has 4 heteroatoms. The quantitative estimate of drug-likeness (QED) is 0.865. The van der Waals surface area contributed by atoms with Crippen molar-refractivity contribution in [1.82, 2.24) is 4.90 Å². The van der Waals surface area contributed by atoms with Gasteiger partial charge < -0.3 is 15.4 Å². The maximum absolute atomic E-state index is 11.9. The van der Waals surface area contributed by atoms with E-state index in [9.17, 15) is 4.79 Å². The average Bonchev–Trinajstić information content (AvgIpc) is 2.83. The number of likely N-dealkylation sites (tertiary alicyclic amines) is 1. The first-order valence-electron chi connectivity index (χ1n) is 6.41. The lowest BCUT2D eigenvalue weighted by Gasteiger charge is -2.16. The first-order chi connectivity index (χ1) is 8.70. The summed E-state index contributed by atoms with van der Waals surface area (Å²) in [5.74, 6) is 0. The second-order valence-corrected chi connectivity index (χ2v) is 5.38. The molecule has 1 aliphatic carbocycles. The van der Waals surface area contributed by atoms with Crippen LogP contribution in [-0.4, -0.2) is 30.1 Å². The molecule has 1 aromatic rings. The summed E-state index contributed by atoms with van der Waals surface area (Å²) in [6, 6.07) is 10.0. The lowest BCUT2D eigenvalue weighted by molar-refractivity contribution is 0.102. The summed E-state index contributed by atoms with van der Waals surface area (Å²) in [6.07, 6.45) is 1.86. The number of rotatable bonds is 2. The van der Waals surface area contributed by atoms with Crippen LogP contribution in [0.1, 0.15) is 18.4 Å². The third-order valence-corrected chi connectivity index (χ3v) is 4.10. The summed E-state index contributed by atoms with van der Waals surface area (Å²) in [7, 11) is 0. The molecular weight excluding hydrogens is 228 g/mol. The van der Waals surface area contributed by atoms with Gasteiger partial charge in [0, 0.05) is 24.5 Å². The van der Waals surface area contributed by atoms with E-state index in [0.29, 0.717) is 6.61 Å². The summed E-state index contributed by atoms with van der Waals surface area (Å²) in [5.41, 5.74) is 7.14. The molecule has 3 rings (SSSR count). The van der Waals surface area contributed by atoms with Gasteiger partial charge >= 0.3 is 6.09 Å². The largest absolute Gasteiger partial charge is 0.445 e. The first kappa shape index (κ1) is 11.5. The van der Waals surface area contributed by atoms with E-state index >= 15 is 0 Å². The SMILES string of the molecule is N[C@H]1C[C@@]12CCN(C(=O)OCc1ccccc1)C2. The molecule has 1 saturated heterocycles. The van der Waals surface area contributed by atoms with Crippen LogP contribution in [0.3, 0.4) is 0 Å². The highest BCUT2D eigenvalue weighted by atomic mass is 16.6. The number of hydrogen-bond acceptors (Lipinski definition) is 3. The Morgan fingerprint density at radius 2 is 2.17 bits per heavy atom. The van der Waals surface area contributed by atoms with Crippen LogP contribution >= 0.6 is 0 Å². The number of benzene rings is 1. The van der Waals surface area contributed by atoms with Crippen molar-refractivity contribution < 1.29 is 9.53 Å². The van der Waals surface area contributed by atoms with E-state index in [4.69, 9.17) is 10.5 Å². The molecule has 1 amide bonds. The van der Waals surface area contributed by atoms with E-state index in [0.717, 1.165) is 31.5 Å². The molecule has 0 aromatic heterocycles. The molecule has 0 bridgehead atoms. The fourth-order valence-electron chi connectivity index (χ4n) is 2.71. The van der Waals surface area contributed by atoms with Gasteiger partial charge in [0.15, 0.2) is 0 Å². The fourth-order valence-corrected chi connectivity index (χ4v) is 2.71. The molecule has 1 spiro atoms. The zero-order valence-electron chi connectivity index (χ0n) is 10.3. The van der Waals surface area contributed by atoms with Gasteiger partial charge in [-0.25, -0.2) is 4.79 Å². The summed E-state index contributed by atoms with van der Waals surface area (Å²) in [4.78, 5) is 13.7. The van der Waals surface area contributed by atoms with E-state index in [1.54, 1.807) is 4.90 Å². The van der Waals surface area contributed by atoms with Crippen LogP contribution in [0.4, 0.5) is 4.79 Å². The maximum Gasteiger partial charge on any atom is 0.410 e. The molecule has 2 fully saturated rings. The highest BCUT2D eigenvalue weighted by Gasteiger charge is 2.56. The van der Waals surface area contributed by atoms with Crippen molar-refractivity contribution in [3.63, 3.8) is 0 Å². The third kappa shape index (κ3) is 2.08. The second-order valence-electron chi connectivity index (χ2n) is 5.38. The summed E-state index contributed by atoms with van der Waals surface area (Å²) in [5, 5.41) is 0. The Balaban J connectivity index is 1.51.